The van der Waals surface area contributed by atoms with Gasteiger partial charge in [-0.15, -0.1) is 0 Å². The largest absolute Gasteiger partial charge is 0.475 e. The van der Waals surface area contributed by atoms with Crippen molar-refractivity contribution in [3.8, 4) is 0 Å². The van der Waals surface area contributed by atoms with Gasteiger partial charge in [0.25, 0.3) is 5.78 Å². The lowest BCUT2D eigenvalue weighted by Gasteiger charge is -1.80. The van der Waals surface area contributed by atoms with Crippen LogP contribution in [0.1, 0.15) is 0 Å². The molecule has 0 aromatic heterocycles. The first-order valence-corrected chi connectivity index (χ1v) is 3.28. The summed E-state index contributed by atoms with van der Waals surface area (Å²) in [5.41, 5.74) is 0. The Kier molecular flexibility index (Phi) is 2.81. The van der Waals surface area contributed by atoms with Crippen molar-refractivity contribution in [3.05, 3.63) is 0 Å². The fourth-order valence-electron chi connectivity index (χ4n) is 0.185. The molecule has 0 unspecified atom stereocenters. The van der Waals surface area contributed by atoms with Crippen molar-refractivity contribution in [2.75, 3.05) is 6.16 Å². The molecule has 1 N–H and O–H groups in total. The minimum absolute atomic E-state index is 0.912. The quantitative estimate of drug-likeness (QED) is 0.445. The van der Waals surface area contributed by atoms with Crippen LogP contribution in [0.15, 0.2) is 0 Å². The lowest BCUT2D eigenvalue weighted by molar-refractivity contribution is -0.147. The van der Waals surface area contributed by atoms with Crippen molar-refractivity contribution < 1.29 is 23.8 Å². The Morgan fingerprint density at radius 1 is 1.33 bits per heavy atom. The smallest absolute Gasteiger partial charge is 0.373 e. The summed E-state index contributed by atoms with van der Waals surface area (Å²) in [6.07, 6.45) is -0.912. The van der Waals surface area contributed by atoms with E-state index in [1.54, 1.807) is 0 Å². The van der Waals surface area contributed by atoms with Crippen molar-refractivity contribution in [2.24, 2.45) is 0 Å². The van der Waals surface area contributed by atoms with Gasteiger partial charge < -0.3 is 5.11 Å². The minimum atomic E-state index is -2.90. The predicted octanol–water partition coefficient (Wildman–Crippen LogP) is -0.187. The zero-order valence-electron chi connectivity index (χ0n) is 4.23. The second kappa shape index (κ2) is 3.14. The summed E-state index contributed by atoms with van der Waals surface area (Å²) in [7, 11) is -2.90. The molecular formula is C3H3O5P. The number of carbonyl (C=O) groups excluding carboxylic acids is 1. The van der Waals surface area contributed by atoms with Crippen molar-refractivity contribution >= 4 is 19.4 Å². The Balaban J connectivity index is 3.94. The molecule has 6 heteroatoms. The maximum Gasteiger partial charge on any atom is 0.373 e. The molecule has 0 aliphatic rings. The van der Waals surface area contributed by atoms with Gasteiger partial charge in [-0.05, 0) is 0 Å². The number of carboxylic acid groups (broad SMARTS) is 1. The summed E-state index contributed by atoms with van der Waals surface area (Å²) in [6, 6.07) is 0. The van der Waals surface area contributed by atoms with E-state index in [2.05, 4.69) is 0 Å². The first-order valence-electron chi connectivity index (χ1n) is 1.92. The van der Waals surface area contributed by atoms with Crippen LogP contribution in [0.5, 0.6) is 0 Å². The van der Waals surface area contributed by atoms with Crippen LogP contribution in [0.4, 0.5) is 0 Å². The monoisotopic (exact) mass is 150 g/mol. The van der Waals surface area contributed by atoms with Gasteiger partial charge in [0.15, 0.2) is 0 Å². The normalized spacial score (nSPS) is 8.44. The number of aliphatic carboxylic acids is 1. The van der Waals surface area contributed by atoms with Crippen molar-refractivity contribution in [1.82, 2.24) is 0 Å². The average Bonchev–Trinajstić information content (AvgIpc) is 1.63. The highest BCUT2D eigenvalue weighted by molar-refractivity contribution is 7.32. The molecule has 0 heterocycles. The summed E-state index contributed by atoms with van der Waals surface area (Å²) in [6.45, 7) is 0. The predicted molar refractivity (Wildman–Crippen MR) is 25.8 cm³/mol. The Morgan fingerprint density at radius 2 is 1.78 bits per heavy atom. The van der Waals surface area contributed by atoms with Crippen LogP contribution < -0.4 is 0 Å². The Hall–Kier alpha value is -0.960. The molecule has 0 aromatic carbocycles. The molecule has 0 radical (unpaired) electrons. The Labute approximate surface area is 50.5 Å². The summed E-state index contributed by atoms with van der Waals surface area (Å²) in [5, 5.41) is 7.81. The number of ketones is 1. The van der Waals surface area contributed by atoms with E-state index in [-0.39, 0.29) is 0 Å². The van der Waals surface area contributed by atoms with E-state index in [0.29, 0.717) is 0 Å². The van der Waals surface area contributed by atoms with Crippen molar-refractivity contribution in [2.45, 2.75) is 0 Å². The van der Waals surface area contributed by atoms with Gasteiger partial charge in [-0.1, -0.05) is 0 Å². The minimum Gasteiger partial charge on any atom is -0.475 e. The van der Waals surface area contributed by atoms with Crippen LogP contribution in [-0.2, 0) is 18.7 Å². The molecule has 0 fully saturated rings. The number of hydrogen-bond acceptors (Lipinski definition) is 4. The molecule has 0 aromatic rings. The van der Waals surface area contributed by atoms with E-state index < -0.39 is 25.6 Å². The SMILES string of the molecule is O=C(O)C(=O)CP(=O)=O. The molecule has 50 valence electrons. The summed E-state index contributed by atoms with van der Waals surface area (Å²) >= 11 is 0. The average molecular weight is 150 g/mol. The number of rotatable bonds is 3. The highest BCUT2D eigenvalue weighted by atomic mass is 31.1. The Morgan fingerprint density at radius 3 is 1.89 bits per heavy atom. The zero-order valence-corrected chi connectivity index (χ0v) is 5.13. The van der Waals surface area contributed by atoms with Gasteiger partial charge >= 0.3 is 13.6 Å². The van der Waals surface area contributed by atoms with E-state index in [4.69, 9.17) is 5.11 Å². The first-order chi connectivity index (χ1) is 4.04. The number of Topliss-reactive ketones (excluding diaryl/α,β-unsaturated/α-hetero) is 1. The first kappa shape index (κ1) is 8.04. The molecule has 0 bridgehead atoms. The number of carboxylic acids is 1. The second-order valence-corrected chi connectivity index (χ2v) is 2.20. The van der Waals surface area contributed by atoms with Gasteiger partial charge in [-0.3, -0.25) is 4.79 Å². The van der Waals surface area contributed by atoms with Gasteiger partial charge in [-0.25, -0.2) is 13.9 Å². The van der Waals surface area contributed by atoms with Crippen LogP contribution in [0.3, 0.4) is 0 Å². The highest BCUT2D eigenvalue weighted by Gasteiger charge is 2.12. The maximum atomic E-state index is 9.97. The van der Waals surface area contributed by atoms with Crippen LogP contribution in [0.2, 0.25) is 0 Å². The molecule has 0 amide bonds. The van der Waals surface area contributed by atoms with Gasteiger partial charge in [0, 0.05) is 0 Å². The molecule has 5 nitrogen and oxygen atoms in total. The third kappa shape index (κ3) is 3.61. The Bertz CT molecular complexity index is 194. The van der Waals surface area contributed by atoms with Gasteiger partial charge in [-0.2, -0.15) is 0 Å². The topological polar surface area (TPSA) is 88.5 Å². The third-order valence-corrected chi connectivity index (χ3v) is 1.06. The fraction of sp³-hybridized carbons (Fsp3) is 0.333. The van der Waals surface area contributed by atoms with Gasteiger partial charge in [0.2, 0.25) is 0 Å². The van der Waals surface area contributed by atoms with Crippen LogP contribution >= 0.6 is 7.68 Å². The van der Waals surface area contributed by atoms with Crippen molar-refractivity contribution in [3.63, 3.8) is 0 Å². The molecule has 0 spiro atoms. The van der Waals surface area contributed by atoms with Crippen LogP contribution in [0.25, 0.3) is 0 Å². The van der Waals surface area contributed by atoms with E-state index >= 15 is 0 Å². The molecule has 0 aliphatic carbocycles. The standard InChI is InChI=1S/C3H3O5P/c4-2(3(5)6)1-9(7)8/h1H2,(H,5,6). The molecule has 0 rings (SSSR count). The van der Waals surface area contributed by atoms with Gasteiger partial charge in [0.1, 0.15) is 6.16 Å². The maximum absolute atomic E-state index is 9.97. The fourth-order valence-corrected chi connectivity index (χ4v) is 0.555. The third-order valence-electron chi connectivity index (χ3n) is 0.511. The molecule has 0 atom stereocenters. The van der Waals surface area contributed by atoms with Crippen LogP contribution in [0, 0.1) is 0 Å². The van der Waals surface area contributed by atoms with E-state index in [0.717, 1.165) is 0 Å². The number of carbonyl (C=O) groups is 2. The van der Waals surface area contributed by atoms with Crippen LogP contribution in [-0.4, -0.2) is 23.0 Å². The number of hydrogen-bond donors (Lipinski definition) is 1. The molecule has 0 saturated carbocycles. The molecule has 0 aliphatic heterocycles. The molecular weight excluding hydrogens is 147 g/mol. The van der Waals surface area contributed by atoms with E-state index in [9.17, 15) is 18.7 Å². The van der Waals surface area contributed by atoms with Gasteiger partial charge in [0.05, 0.1) is 0 Å². The summed E-state index contributed by atoms with van der Waals surface area (Å²) < 4.78 is 19.3. The molecule has 0 saturated heterocycles. The summed E-state index contributed by atoms with van der Waals surface area (Å²) in [5.74, 6) is -3.01. The highest BCUT2D eigenvalue weighted by Crippen LogP contribution is 2.00. The van der Waals surface area contributed by atoms with E-state index in [1.807, 2.05) is 0 Å². The molecule has 9 heavy (non-hydrogen) atoms. The van der Waals surface area contributed by atoms with Crippen molar-refractivity contribution in [1.29, 1.82) is 0 Å². The lowest BCUT2D eigenvalue weighted by Crippen LogP contribution is -2.13. The zero-order chi connectivity index (χ0) is 7.44. The summed E-state index contributed by atoms with van der Waals surface area (Å²) in [4.78, 5) is 19.6. The lowest BCUT2D eigenvalue weighted by atomic mass is 10.5. The second-order valence-electron chi connectivity index (χ2n) is 1.22. The van der Waals surface area contributed by atoms with E-state index in [1.165, 1.54) is 0 Å².